The summed E-state index contributed by atoms with van der Waals surface area (Å²) in [5.74, 6) is 0.774. The van der Waals surface area contributed by atoms with Crippen LogP contribution in [-0.2, 0) is 4.79 Å². The molecule has 1 amide bonds. The number of aromatic nitrogens is 2. The molecule has 0 fully saturated rings. The van der Waals surface area contributed by atoms with Crippen molar-refractivity contribution in [3.63, 3.8) is 0 Å². The van der Waals surface area contributed by atoms with E-state index in [1.165, 1.54) is 7.11 Å². The fraction of sp³-hybridized carbons (Fsp3) is 0.0833. The summed E-state index contributed by atoms with van der Waals surface area (Å²) in [5.41, 5.74) is 4.30. The molecule has 0 saturated carbocycles. The molecule has 0 saturated heterocycles. The Morgan fingerprint density at radius 1 is 1.06 bits per heavy atom. The molecule has 8 heteroatoms. The maximum absolute atomic E-state index is 12.3. The number of carbonyl (C=O) groups excluding carboxylic acids is 1. The average Bonchev–Trinajstić information content (AvgIpc) is 2.83. The third kappa shape index (κ3) is 4.81. The van der Waals surface area contributed by atoms with Crippen LogP contribution in [0.25, 0.3) is 22.3 Å². The molecule has 0 bridgehead atoms. The monoisotopic (exact) mass is 428 g/mol. The fourth-order valence-electron chi connectivity index (χ4n) is 3.05. The number of hydrogen-bond donors (Lipinski definition) is 2. The van der Waals surface area contributed by atoms with Gasteiger partial charge in [-0.15, -0.1) is 0 Å². The van der Waals surface area contributed by atoms with E-state index in [4.69, 9.17) is 9.47 Å². The van der Waals surface area contributed by atoms with Crippen LogP contribution >= 0.6 is 0 Å². The number of hydrogen-bond acceptors (Lipinski definition) is 6. The van der Waals surface area contributed by atoms with Gasteiger partial charge in [0.05, 0.1) is 24.2 Å². The van der Waals surface area contributed by atoms with Crippen molar-refractivity contribution in [2.45, 2.75) is 0 Å². The third-order valence-electron chi connectivity index (χ3n) is 4.61. The molecule has 0 radical (unpaired) electrons. The number of para-hydroxylation sites is 1. The second-order valence-corrected chi connectivity index (χ2v) is 6.79. The molecule has 4 aromatic rings. The molecule has 3 aromatic carbocycles. The second kappa shape index (κ2) is 9.57. The summed E-state index contributed by atoms with van der Waals surface area (Å²) >= 11 is 0. The number of fused-ring (bicyclic) bond motifs is 1. The summed E-state index contributed by atoms with van der Waals surface area (Å²) in [5, 5.41) is 4.42. The summed E-state index contributed by atoms with van der Waals surface area (Å²) in [4.78, 5) is 31.7. The summed E-state index contributed by atoms with van der Waals surface area (Å²) in [6.45, 7) is -0.243. The zero-order chi connectivity index (χ0) is 22.3. The SMILES string of the molecule is COc1cc(-c2nc3ccccc3c(=O)[nH]2)ccc1OCC(=O)N/N=C/c1ccccc1. The molecular formula is C24H20N4O4. The third-order valence-corrected chi connectivity index (χ3v) is 4.61. The highest BCUT2D eigenvalue weighted by atomic mass is 16.5. The van der Waals surface area contributed by atoms with Crippen LogP contribution in [-0.4, -0.2) is 35.8 Å². The van der Waals surface area contributed by atoms with E-state index in [0.717, 1.165) is 5.56 Å². The Labute approximate surface area is 183 Å². The predicted octanol–water partition coefficient (Wildman–Crippen LogP) is 3.13. The highest BCUT2D eigenvalue weighted by Gasteiger charge is 2.12. The molecule has 0 aliphatic carbocycles. The fourth-order valence-corrected chi connectivity index (χ4v) is 3.05. The van der Waals surface area contributed by atoms with E-state index in [1.54, 1.807) is 42.6 Å². The molecule has 160 valence electrons. The highest BCUT2D eigenvalue weighted by Crippen LogP contribution is 2.31. The molecular weight excluding hydrogens is 408 g/mol. The Morgan fingerprint density at radius 3 is 2.66 bits per heavy atom. The zero-order valence-electron chi connectivity index (χ0n) is 17.2. The summed E-state index contributed by atoms with van der Waals surface area (Å²) < 4.78 is 11.0. The minimum atomic E-state index is -0.413. The van der Waals surface area contributed by atoms with E-state index in [1.807, 2.05) is 36.4 Å². The molecule has 4 rings (SSSR count). The van der Waals surface area contributed by atoms with Crippen molar-refractivity contribution in [1.29, 1.82) is 0 Å². The van der Waals surface area contributed by atoms with Gasteiger partial charge in [0, 0.05) is 5.56 Å². The number of H-pyrrole nitrogens is 1. The lowest BCUT2D eigenvalue weighted by Gasteiger charge is -2.11. The molecule has 1 heterocycles. The topological polar surface area (TPSA) is 106 Å². The molecule has 2 N–H and O–H groups in total. The van der Waals surface area contributed by atoms with Crippen LogP contribution in [0.15, 0.2) is 82.7 Å². The molecule has 0 spiro atoms. The van der Waals surface area contributed by atoms with Gasteiger partial charge < -0.3 is 14.5 Å². The van der Waals surface area contributed by atoms with Crippen molar-refractivity contribution < 1.29 is 14.3 Å². The maximum atomic E-state index is 12.3. The van der Waals surface area contributed by atoms with Crippen LogP contribution in [0.1, 0.15) is 5.56 Å². The summed E-state index contributed by atoms with van der Waals surface area (Å²) in [7, 11) is 1.49. The first-order chi connectivity index (χ1) is 15.6. The van der Waals surface area contributed by atoms with Crippen molar-refractivity contribution in [3.8, 4) is 22.9 Å². The van der Waals surface area contributed by atoms with Crippen LogP contribution < -0.4 is 20.5 Å². The Morgan fingerprint density at radius 2 is 1.84 bits per heavy atom. The van der Waals surface area contributed by atoms with Crippen molar-refractivity contribution in [2.24, 2.45) is 5.10 Å². The Balaban J connectivity index is 1.45. The van der Waals surface area contributed by atoms with Gasteiger partial charge in [-0.2, -0.15) is 5.10 Å². The number of benzene rings is 3. The van der Waals surface area contributed by atoms with E-state index < -0.39 is 5.91 Å². The maximum Gasteiger partial charge on any atom is 0.277 e. The average molecular weight is 428 g/mol. The van der Waals surface area contributed by atoms with Crippen molar-refractivity contribution in [2.75, 3.05) is 13.7 Å². The highest BCUT2D eigenvalue weighted by molar-refractivity contribution is 5.83. The van der Waals surface area contributed by atoms with E-state index >= 15 is 0 Å². The van der Waals surface area contributed by atoms with Crippen molar-refractivity contribution in [1.82, 2.24) is 15.4 Å². The molecule has 32 heavy (non-hydrogen) atoms. The Bertz CT molecular complexity index is 1330. The number of amides is 1. The first-order valence-electron chi connectivity index (χ1n) is 9.81. The summed E-state index contributed by atoms with van der Waals surface area (Å²) in [6.07, 6.45) is 1.55. The van der Waals surface area contributed by atoms with Crippen LogP contribution in [0, 0.1) is 0 Å². The number of hydrazone groups is 1. The van der Waals surface area contributed by atoms with Crippen molar-refractivity contribution >= 4 is 23.0 Å². The minimum absolute atomic E-state index is 0.224. The quantitative estimate of drug-likeness (QED) is 0.348. The lowest BCUT2D eigenvalue weighted by Crippen LogP contribution is -2.24. The normalized spacial score (nSPS) is 10.9. The van der Waals surface area contributed by atoms with Gasteiger partial charge in [-0.3, -0.25) is 9.59 Å². The van der Waals surface area contributed by atoms with Gasteiger partial charge >= 0.3 is 0 Å². The van der Waals surface area contributed by atoms with Gasteiger partial charge in [-0.1, -0.05) is 42.5 Å². The number of carbonyl (C=O) groups is 1. The van der Waals surface area contributed by atoms with Crippen LogP contribution in [0.2, 0.25) is 0 Å². The van der Waals surface area contributed by atoms with E-state index in [9.17, 15) is 9.59 Å². The number of rotatable bonds is 7. The largest absolute Gasteiger partial charge is 0.493 e. The molecule has 0 atom stereocenters. The lowest BCUT2D eigenvalue weighted by atomic mass is 10.1. The predicted molar refractivity (Wildman–Crippen MR) is 122 cm³/mol. The van der Waals surface area contributed by atoms with Gasteiger partial charge in [-0.05, 0) is 35.9 Å². The number of methoxy groups -OCH3 is 1. The smallest absolute Gasteiger partial charge is 0.277 e. The van der Waals surface area contributed by atoms with E-state index in [-0.39, 0.29) is 12.2 Å². The number of nitrogens with one attached hydrogen (secondary N) is 2. The molecule has 0 unspecified atom stereocenters. The van der Waals surface area contributed by atoms with Gasteiger partial charge in [0.1, 0.15) is 5.82 Å². The molecule has 8 nitrogen and oxygen atoms in total. The second-order valence-electron chi connectivity index (χ2n) is 6.79. The van der Waals surface area contributed by atoms with E-state index in [2.05, 4.69) is 20.5 Å². The number of nitrogens with zero attached hydrogens (tertiary/aromatic N) is 2. The number of aromatic amines is 1. The lowest BCUT2D eigenvalue weighted by molar-refractivity contribution is -0.123. The Hall–Kier alpha value is -4.46. The van der Waals surface area contributed by atoms with Gasteiger partial charge in [0.15, 0.2) is 18.1 Å². The molecule has 0 aliphatic rings. The van der Waals surface area contributed by atoms with E-state index in [0.29, 0.717) is 33.8 Å². The molecule has 1 aromatic heterocycles. The minimum Gasteiger partial charge on any atom is -0.493 e. The van der Waals surface area contributed by atoms with Crippen molar-refractivity contribution in [3.05, 3.63) is 88.7 Å². The number of ether oxygens (including phenoxy) is 2. The standard InChI is InChI=1S/C24H20N4O4/c1-31-21-13-17(23-26-19-10-6-5-9-18(19)24(30)27-23)11-12-20(21)32-15-22(29)28-25-14-16-7-3-2-4-8-16/h2-14H,15H2,1H3,(H,28,29)(H,26,27,30)/b25-14+. The van der Waals surface area contributed by atoms with Gasteiger partial charge in [0.2, 0.25) is 0 Å². The summed E-state index contributed by atoms with van der Waals surface area (Å²) in [6, 6.07) is 21.6. The van der Waals surface area contributed by atoms with Gasteiger partial charge in [0.25, 0.3) is 11.5 Å². The molecule has 0 aliphatic heterocycles. The van der Waals surface area contributed by atoms with Gasteiger partial charge in [-0.25, -0.2) is 10.4 Å². The Kier molecular flexibility index (Phi) is 6.22. The van der Waals surface area contributed by atoms with Crippen LogP contribution in [0.4, 0.5) is 0 Å². The first-order valence-corrected chi connectivity index (χ1v) is 9.81. The zero-order valence-corrected chi connectivity index (χ0v) is 17.2. The van der Waals surface area contributed by atoms with Crippen LogP contribution in [0.5, 0.6) is 11.5 Å². The van der Waals surface area contributed by atoms with Crippen LogP contribution in [0.3, 0.4) is 0 Å². The first kappa shape index (κ1) is 20.8.